The number of hydrogen-bond donors (Lipinski definition) is 0. The standard InChI is InChI=1S/C73H120O6/c1-4-7-10-13-16-19-22-25-28-30-32-33-34-35-36-37-38-39-41-42-45-48-51-54-57-60-63-66-72(75)78-69-70(68-77-71(74)65-62-59-56-53-50-47-44-27-24-21-18-15-12-9-6-3)79-73(76)67-64-61-58-55-52-49-46-43-40-31-29-26-23-20-17-14-11-8-5-2/h8-9,11-12,17-18,20-22,25-27,29-30,32,40,43-44,50,53,59,62,70H,4-7,10,13-16,19,23-24,28,31,33-39,41-42,45-49,51-52,54-58,60-61,63-69H2,1-3H3/b11-8-,12-9-,20-17-,21-18-,25-22-,29-26-,32-30-,43-40-,44-27-,53-50-,62-59-. The molecule has 0 aliphatic rings. The zero-order chi connectivity index (χ0) is 57.1. The Hall–Kier alpha value is -4.45. The number of carbonyl (C=O) groups is 3. The van der Waals surface area contributed by atoms with Gasteiger partial charge in [0.2, 0.25) is 0 Å². The number of carbonyl (C=O) groups excluding carboxylic acids is 3. The fourth-order valence-electron chi connectivity index (χ4n) is 8.83. The molecule has 0 saturated carbocycles. The molecule has 79 heavy (non-hydrogen) atoms. The summed E-state index contributed by atoms with van der Waals surface area (Å²) in [5.74, 6) is -1.06. The van der Waals surface area contributed by atoms with Crippen LogP contribution in [0.15, 0.2) is 134 Å². The fourth-order valence-corrected chi connectivity index (χ4v) is 8.83. The molecule has 0 radical (unpaired) electrons. The Labute approximate surface area is 487 Å². The lowest BCUT2D eigenvalue weighted by molar-refractivity contribution is -0.166. The SMILES string of the molecule is CC/C=C\C/C=C\C/C=C\C/C=C\C/C=C\CC(=O)OCC(COC(=O)CCCCCCCCCCCCCCCCC/C=C\C/C=C\CCCCCCC)OC(=O)CCCCCCCC/C=C\C/C=C\C/C=C\C/C=C\CC. The van der Waals surface area contributed by atoms with Gasteiger partial charge in [-0.2, -0.15) is 0 Å². The highest BCUT2D eigenvalue weighted by Crippen LogP contribution is 2.16. The van der Waals surface area contributed by atoms with Gasteiger partial charge in [0.25, 0.3) is 0 Å². The van der Waals surface area contributed by atoms with E-state index in [2.05, 4.69) is 142 Å². The number of rotatable bonds is 58. The molecule has 0 spiro atoms. The molecule has 0 heterocycles. The summed E-state index contributed by atoms with van der Waals surface area (Å²) in [6.45, 7) is 6.32. The monoisotopic (exact) mass is 1090 g/mol. The van der Waals surface area contributed by atoms with Crippen LogP contribution in [0.4, 0.5) is 0 Å². The lowest BCUT2D eigenvalue weighted by Crippen LogP contribution is -2.30. The molecule has 0 aromatic carbocycles. The van der Waals surface area contributed by atoms with Gasteiger partial charge < -0.3 is 14.2 Å². The van der Waals surface area contributed by atoms with Crippen molar-refractivity contribution in [1.82, 2.24) is 0 Å². The van der Waals surface area contributed by atoms with E-state index in [9.17, 15) is 14.4 Å². The summed E-state index contributed by atoms with van der Waals surface area (Å²) in [4.78, 5) is 38.3. The molecule has 0 amide bonds. The van der Waals surface area contributed by atoms with Gasteiger partial charge in [0.1, 0.15) is 13.2 Å². The lowest BCUT2D eigenvalue weighted by Gasteiger charge is -2.18. The number of esters is 3. The maximum Gasteiger partial charge on any atom is 0.309 e. The molecular weight excluding hydrogens is 973 g/mol. The summed E-state index contributed by atoms with van der Waals surface area (Å²) >= 11 is 0. The summed E-state index contributed by atoms with van der Waals surface area (Å²) < 4.78 is 16.8. The highest BCUT2D eigenvalue weighted by molar-refractivity contribution is 5.72. The predicted octanol–water partition coefficient (Wildman–Crippen LogP) is 22.5. The van der Waals surface area contributed by atoms with Crippen molar-refractivity contribution in [2.45, 2.75) is 297 Å². The number of unbranched alkanes of at least 4 members (excludes halogenated alkanes) is 26. The van der Waals surface area contributed by atoms with Gasteiger partial charge in [-0.15, -0.1) is 0 Å². The van der Waals surface area contributed by atoms with Crippen LogP contribution in [-0.2, 0) is 28.6 Å². The third-order valence-electron chi connectivity index (χ3n) is 13.7. The fraction of sp³-hybridized carbons (Fsp3) is 0.658. The predicted molar refractivity (Wildman–Crippen MR) is 343 cm³/mol. The van der Waals surface area contributed by atoms with Crippen LogP contribution >= 0.6 is 0 Å². The molecule has 6 heteroatoms. The van der Waals surface area contributed by atoms with Crippen molar-refractivity contribution < 1.29 is 28.6 Å². The van der Waals surface area contributed by atoms with Crippen LogP contribution in [0.2, 0.25) is 0 Å². The second-order valence-electron chi connectivity index (χ2n) is 21.3. The van der Waals surface area contributed by atoms with Gasteiger partial charge in [-0.25, -0.2) is 0 Å². The van der Waals surface area contributed by atoms with Crippen molar-refractivity contribution in [3.05, 3.63) is 134 Å². The molecule has 0 rings (SSSR count). The maximum atomic E-state index is 12.9. The first-order chi connectivity index (χ1) is 39.0. The van der Waals surface area contributed by atoms with Crippen LogP contribution in [0, 0.1) is 0 Å². The van der Waals surface area contributed by atoms with Crippen molar-refractivity contribution in [1.29, 1.82) is 0 Å². The molecule has 0 bridgehead atoms. The van der Waals surface area contributed by atoms with Gasteiger partial charge in [-0.05, 0) is 116 Å². The van der Waals surface area contributed by atoms with E-state index in [1.54, 1.807) is 6.08 Å². The van der Waals surface area contributed by atoms with E-state index in [-0.39, 0.29) is 38.0 Å². The zero-order valence-corrected chi connectivity index (χ0v) is 51.3. The topological polar surface area (TPSA) is 78.9 Å². The minimum Gasteiger partial charge on any atom is -0.462 e. The Balaban J connectivity index is 4.40. The van der Waals surface area contributed by atoms with Crippen LogP contribution in [0.5, 0.6) is 0 Å². The smallest absolute Gasteiger partial charge is 0.309 e. The van der Waals surface area contributed by atoms with Gasteiger partial charge in [0.05, 0.1) is 6.42 Å². The molecule has 0 fully saturated rings. The van der Waals surface area contributed by atoms with E-state index >= 15 is 0 Å². The van der Waals surface area contributed by atoms with Crippen LogP contribution in [-0.4, -0.2) is 37.2 Å². The summed E-state index contributed by atoms with van der Waals surface area (Å²) in [5, 5.41) is 0. The van der Waals surface area contributed by atoms with Gasteiger partial charge in [-0.3, -0.25) is 14.4 Å². The zero-order valence-electron chi connectivity index (χ0n) is 51.3. The molecule has 0 aliphatic heterocycles. The van der Waals surface area contributed by atoms with E-state index < -0.39 is 12.1 Å². The van der Waals surface area contributed by atoms with Crippen molar-refractivity contribution >= 4 is 17.9 Å². The molecule has 0 N–H and O–H groups in total. The summed E-state index contributed by atoms with van der Waals surface area (Å²) in [6.07, 6.45) is 93.5. The second kappa shape index (κ2) is 66.1. The molecule has 1 atom stereocenters. The first-order valence-electron chi connectivity index (χ1n) is 32.7. The summed E-state index contributed by atoms with van der Waals surface area (Å²) in [7, 11) is 0. The highest BCUT2D eigenvalue weighted by atomic mass is 16.6. The van der Waals surface area contributed by atoms with E-state index in [0.717, 1.165) is 116 Å². The number of allylic oxidation sites excluding steroid dienone is 21. The van der Waals surface area contributed by atoms with Crippen molar-refractivity contribution in [3.8, 4) is 0 Å². The second-order valence-corrected chi connectivity index (χ2v) is 21.3. The highest BCUT2D eigenvalue weighted by Gasteiger charge is 2.19. The van der Waals surface area contributed by atoms with Gasteiger partial charge in [-0.1, -0.05) is 289 Å². The quantitative estimate of drug-likeness (QED) is 0.0261. The minimum atomic E-state index is -0.831. The van der Waals surface area contributed by atoms with E-state index in [1.807, 2.05) is 6.08 Å². The van der Waals surface area contributed by atoms with Crippen LogP contribution in [0.3, 0.4) is 0 Å². The molecule has 0 aromatic heterocycles. The molecule has 1 unspecified atom stereocenters. The molecule has 0 saturated heterocycles. The average molecular weight is 1090 g/mol. The Morgan fingerprint density at radius 1 is 0.278 bits per heavy atom. The van der Waals surface area contributed by atoms with Crippen molar-refractivity contribution in [2.24, 2.45) is 0 Å². The molecule has 0 aromatic rings. The third-order valence-corrected chi connectivity index (χ3v) is 13.7. The first kappa shape index (κ1) is 74.5. The molecule has 448 valence electrons. The third kappa shape index (κ3) is 64.3. The Morgan fingerprint density at radius 2 is 0.544 bits per heavy atom. The summed E-state index contributed by atoms with van der Waals surface area (Å²) in [5.41, 5.74) is 0. The Bertz CT molecular complexity index is 1680. The van der Waals surface area contributed by atoms with E-state index in [0.29, 0.717) is 6.42 Å². The molecule has 6 nitrogen and oxygen atoms in total. The number of ether oxygens (including phenoxy) is 3. The Morgan fingerprint density at radius 3 is 0.886 bits per heavy atom. The largest absolute Gasteiger partial charge is 0.462 e. The van der Waals surface area contributed by atoms with Crippen LogP contribution in [0.25, 0.3) is 0 Å². The minimum absolute atomic E-state index is 0.117. The van der Waals surface area contributed by atoms with Crippen LogP contribution < -0.4 is 0 Å². The number of hydrogen-bond acceptors (Lipinski definition) is 6. The molecular formula is C73H120O6. The van der Waals surface area contributed by atoms with Gasteiger partial charge in [0, 0.05) is 12.8 Å². The van der Waals surface area contributed by atoms with Gasteiger partial charge >= 0.3 is 17.9 Å². The average Bonchev–Trinajstić information content (AvgIpc) is 3.45. The van der Waals surface area contributed by atoms with Crippen molar-refractivity contribution in [2.75, 3.05) is 13.2 Å². The summed E-state index contributed by atoms with van der Waals surface area (Å²) in [6, 6.07) is 0. The normalized spacial score (nSPS) is 13.0. The van der Waals surface area contributed by atoms with Gasteiger partial charge in [0.15, 0.2) is 6.10 Å². The maximum absolute atomic E-state index is 12.9. The Kier molecular flexibility index (Phi) is 62.3. The van der Waals surface area contributed by atoms with Crippen molar-refractivity contribution in [3.63, 3.8) is 0 Å². The van der Waals surface area contributed by atoms with Crippen LogP contribution in [0.1, 0.15) is 290 Å². The van der Waals surface area contributed by atoms with E-state index in [4.69, 9.17) is 14.2 Å². The first-order valence-corrected chi connectivity index (χ1v) is 32.7. The van der Waals surface area contributed by atoms with E-state index in [1.165, 1.54) is 135 Å². The lowest BCUT2D eigenvalue weighted by atomic mass is 10.0. The molecule has 0 aliphatic carbocycles.